The minimum Gasteiger partial charge on any atom is -0.207 e. The van der Waals surface area contributed by atoms with Gasteiger partial charge in [-0.15, -0.1) is 0 Å². The Bertz CT molecular complexity index is 1410. The van der Waals surface area contributed by atoms with Gasteiger partial charge in [0.1, 0.15) is 52.1 Å². The molecule has 0 heterocycles. The van der Waals surface area contributed by atoms with Gasteiger partial charge >= 0.3 is 0 Å². The number of hydrogen-bond acceptors (Lipinski definition) is 0. The molecule has 5 aromatic carbocycles. The van der Waals surface area contributed by atoms with Gasteiger partial charge < -0.3 is 0 Å². The van der Waals surface area contributed by atoms with Gasteiger partial charge in [0, 0.05) is 17.7 Å². The average molecular weight is 528 g/mol. The van der Waals surface area contributed by atoms with Crippen molar-refractivity contribution < 1.29 is 17.6 Å². The first-order valence-electron chi connectivity index (χ1n) is 12.1. The standard InChI is InChI=1S/C33H24F4P/c34-26-18-24(19-27(35)22-26)16-17-33(25-20-28(36)23-29(37)21-25)38(30-10-4-1-5-11-30,31-12-6-2-7-13-31)32-14-8-3-9-15-32/h1-23,33H/q+1/b17-16+. The van der Waals surface area contributed by atoms with E-state index in [1.54, 1.807) is 6.08 Å². The lowest BCUT2D eigenvalue weighted by molar-refractivity contribution is 0.580. The highest BCUT2D eigenvalue weighted by Crippen LogP contribution is 2.67. The van der Waals surface area contributed by atoms with E-state index in [4.69, 9.17) is 0 Å². The number of halogens is 4. The van der Waals surface area contributed by atoms with Crippen LogP contribution in [0.25, 0.3) is 6.08 Å². The predicted molar refractivity (Wildman–Crippen MR) is 150 cm³/mol. The van der Waals surface area contributed by atoms with Crippen molar-refractivity contribution in [1.29, 1.82) is 0 Å². The number of hydrogen-bond donors (Lipinski definition) is 0. The van der Waals surface area contributed by atoms with Gasteiger partial charge in [0.2, 0.25) is 0 Å². The maximum absolute atomic E-state index is 14.7. The molecule has 1 unspecified atom stereocenters. The van der Waals surface area contributed by atoms with Crippen molar-refractivity contribution in [3.63, 3.8) is 0 Å². The Hall–Kier alpha value is -4.01. The van der Waals surface area contributed by atoms with Crippen molar-refractivity contribution >= 4 is 29.3 Å². The first-order chi connectivity index (χ1) is 18.5. The van der Waals surface area contributed by atoms with E-state index in [1.165, 1.54) is 24.3 Å². The Kier molecular flexibility index (Phi) is 7.53. The van der Waals surface area contributed by atoms with Crippen LogP contribution < -0.4 is 15.9 Å². The van der Waals surface area contributed by atoms with Crippen molar-refractivity contribution in [2.45, 2.75) is 5.66 Å². The highest BCUT2D eigenvalue weighted by Gasteiger charge is 2.52. The molecule has 5 rings (SSSR count). The summed E-state index contributed by atoms with van der Waals surface area (Å²) in [5.41, 5.74) is 0.184. The fourth-order valence-electron chi connectivity index (χ4n) is 5.00. The summed E-state index contributed by atoms with van der Waals surface area (Å²) in [5, 5.41) is 3.01. The van der Waals surface area contributed by atoms with Gasteiger partial charge in [-0.3, -0.25) is 0 Å². The summed E-state index contributed by atoms with van der Waals surface area (Å²) in [6, 6.07) is 36.5. The Morgan fingerprint density at radius 3 is 1.24 bits per heavy atom. The Balaban J connectivity index is 1.88. The van der Waals surface area contributed by atoms with Crippen LogP contribution in [0.15, 0.2) is 133 Å². The highest BCUT2D eigenvalue weighted by molar-refractivity contribution is 7.96. The van der Waals surface area contributed by atoms with Gasteiger partial charge in [-0.1, -0.05) is 60.7 Å². The molecular weight excluding hydrogens is 503 g/mol. The van der Waals surface area contributed by atoms with E-state index in [9.17, 15) is 17.6 Å². The number of allylic oxidation sites excluding steroid dienone is 1. The van der Waals surface area contributed by atoms with Gasteiger partial charge in [0.05, 0.1) is 0 Å². The molecule has 0 N–H and O–H groups in total. The third-order valence-corrected chi connectivity index (χ3v) is 11.1. The number of rotatable bonds is 7. The average Bonchev–Trinajstić information content (AvgIpc) is 2.91. The SMILES string of the molecule is Fc1cc(F)cc(/C=C/C(c2cc(F)cc(F)c2)[P+](c2ccccc2)(c2ccccc2)c2ccccc2)c1. The molecule has 0 nitrogen and oxygen atoms in total. The lowest BCUT2D eigenvalue weighted by Crippen LogP contribution is -2.34. The quantitative estimate of drug-likeness (QED) is 0.149. The molecule has 0 amide bonds. The molecule has 0 radical (unpaired) electrons. The van der Waals surface area contributed by atoms with Crippen molar-refractivity contribution in [1.82, 2.24) is 0 Å². The van der Waals surface area contributed by atoms with Crippen molar-refractivity contribution in [3.05, 3.63) is 168 Å². The zero-order valence-electron chi connectivity index (χ0n) is 20.3. The van der Waals surface area contributed by atoms with Crippen molar-refractivity contribution in [3.8, 4) is 0 Å². The molecular formula is C33H24F4P+. The van der Waals surface area contributed by atoms with E-state index < -0.39 is 36.2 Å². The van der Waals surface area contributed by atoms with E-state index in [0.29, 0.717) is 11.1 Å². The van der Waals surface area contributed by atoms with Crippen LogP contribution in [0.4, 0.5) is 17.6 Å². The molecule has 5 heteroatoms. The highest BCUT2D eigenvalue weighted by atomic mass is 31.2. The van der Waals surface area contributed by atoms with E-state index in [1.807, 2.05) is 97.1 Å². The molecule has 0 spiro atoms. The molecule has 0 saturated carbocycles. The van der Waals surface area contributed by atoms with Crippen LogP contribution in [-0.2, 0) is 0 Å². The number of benzene rings is 5. The maximum atomic E-state index is 14.7. The topological polar surface area (TPSA) is 0 Å². The van der Waals surface area contributed by atoms with E-state index >= 15 is 0 Å². The van der Waals surface area contributed by atoms with Gasteiger partial charge in [0.15, 0.2) is 0 Å². The second-order valence-corrected chi connectivity index (χ2v) is 12.5. The van der Waals surface area contributed by atoms with Gasteiger partial charge in [-0.05, 0) is 72.3 Å². The summed E-state index contributed by atoms with van der Waals surface area (Å²) >= 11 is 0. The molecule has 0 aliphatic heterocycles. The van der Waals surface area contributed by atoms with E-state index in [2.05, 4.69) is 0 Å². The molecule has 0 aliphatic rings. The summed E-state index contributed by atoms with van der Waals surface area (Å²) in [7, 11) is -2.69. The summed E-state index contributed by atoms with van der Waals surface area (Å²) < 4.78 is 57.5. The summed E-state index contributed by atoms with van der Waals surface area (Å²) in [4.78, 5) is 0. The normalized spacial score (nSPS) is 12.5. The van der Waals surface area contributed by atoms with Crippen molar-refractivity contribution in [2.75, 3.05) is 0 Å². The van der Waals surface area contributed by atoms with Crippen LogP contribution in [0, 0.1) is 23.3 Å². The Morgan fingerprint density at radius 2 is 0.842 bits per heavy atom. The zero-order chi connectivity index (χ0) is 26.5. The third-order valence-electron chi connectivity index (χ3n) is 6.49. The third kappa shape index (κ3) is 5.18. The molecule has 0 aromatic heterocycles. The molecule has 0 aliphatic carbocycles. The van der Waals surface area contributed by atoms with Crippen LogP contribution in [0.5, 0.6) is 0 Å². The molecule has 1 atom stereocenters. The zero-order valence-corrected chi connectivity index (χ0v) is 21.2. The second-order valence-electron chi connectivity index (χ2n) is 8.94. The molecule has 0 saturated heterocycles. The van der Waals surface area contributed by atoms with Crippen LogP contribution in [0.1, 0.15) is 16.8 Å². The molecule has 0 bridgehead atoms. The van der Waals surface area contributed by atoms with Crippen molar-refractivity contribution in [2.24, 2.45) is 0 Å². The van der Waals surface area contributed by atoms with Crippen LogP contribution >= 0.6 is 7.26 Å². The van der Waals surface area contributed by atoms with Crippen LogP contribution in [-0.4, -0.2) is 0 Å². The molecule has 0 fully saturated rings. The van der Waals surface area contributed by atoms with Gasteiger partial charge in [-0.2, -0.15) is 0 Å². The monoisotopic (exact) mass is 527 g/mol. The summed E-state index contributed by atoms with van der Waals surface area (Å²) in [6.45, 7) is 0. The van der Waals surface area contributed by atoms with Gasteiger partial charge in [0.25, 0.3) is 0 Å². The lowest BCUT2D eigenvalue weighted by Gasteiger charge is -2.33. The van der Waals surface area contributed by atoms with E-state index in [-0.39, 0.29) is 0 Å². The Morgan fingerprint density at radius 1 is 0.474 bits per heavy atom. The lowest BCUT2D eigenvalue weighted by atomic mass is 10.1. The minimum atomic E-state index is -2.69. The Labute approximate surface area is 220 Å². The first kappa shape index (κ1) is 25.6. The first-order valence-corrected chi connectivity index (χ1v) is 14.0. The van der Waals surface area contributed by atoms with Crippen LogP contribution in [0.2, 0.25) is 0 Å². The van der Waals surface area contributed by atoms with Crippen LogP contribution in [0.3, 0.4) is 0 Å². The smallest absolute Gasteiger partial charge is 0.127 e. The molecule has 5 aromatic rings. The molecule has 38 heavy (non-hydrogen) atoms. The largest absolute Gasteiger partial charge is 0.207 e. The summed E-state index contributed by atoms with van der Waals surface area (Å²) in [6.07, 6.45) is 3.45. The van der Waals surface area contributed by atoms with Gasteiger partial charge in [-0.25, -0.2) is 17.6 Å². The summed E-state index contributed by atoms with van der Waals surface area (Å²) in [5.74, 6) is -2.79. The van der Waals surface area contributed by atoms with E-state index in [0.717, 1.165) is 28.0 Å². The molecule has 188 valence electrons. The minimum absolute atomic E-state index is 0.316. The fraction of sp³-hybridized carbons (Fsp3) is 0.0303. The fourth-order valence-corrected chi connectivity index (χ4v) is 9.73. The maximum Gasteiger partial charge on any atom is 0.127 e. The second kappa shape index (κ2) is 11.2. The predicted octanol–water partition coefficient (Wildman–Crippen LogP) is 7.99.